The third-order valence-corrected chi connectivity index (χ3v) is 4.04. The molecule has 4 heteroatoms. The molecule has 0 saturated heterocycles. The van der Waals surface area contributed by atoms with Crippen molar-refractivity contribution in [1.29, 1.82) is 0 Å². The van der Waals surface area contributed by atoms with Crippen molar-refractivity contribution >= 4 is 17.1 Å². The molecular formula is C16H19NO2S. The number of ether oxygens (including phenoxy) is 1. The van der Waals surface area contributed by atoms with E-state index in [-0.39, 0.29) is 5.78 Å². The molecular weight excluding hydrogens is 270 g/mol. The summed E-state index contributed by atoms with van der Waals surface area (Å²) < 4.78 is 5.09. The van der Waals surface area contributed by atoms with Crippen LogP contribution in [0.1, 0.15) is 47.2 Å². The summed E-state index contributed by atoms with van der Waals surface area (Å²) in [5.41, 5.74) is 1.20. The smallest absolute Gasteiger partial charge is 0.212 e. The Morgan fingerprint density at radius 1 is 1.25 bits per heavy atom. The summed E-state index contributed by atoms with van der Waals surface area (Å²) in [6.07, 6.45) is 4.51. The van der Waals surface area contributed by atoms with Crippen LogP contribution in [0.5, 0.6) is 5.75 Å². The maximum atomic E-state index is 12.3. The number of thiazole rings is 1. The zero-order valence-corrected chi connectivity index (χ0v) is 12.7. The number of ketones is 1. The van der Waals surface area contributed by atoms with Gasteiger partial charge in [-0.15, -0.1) is 11.3 Å². The maximum Gasteiger partial charge on any atom is 0.212 e. The van der Waals surface area contributed by atoms with E-state index in [1.807, 2.05) is 5.38 Å². The topological polar surface area (TPSA) is 39.2 Å². The van der Waals surface area contributed by atoms with Crippen molar-refractivity contribution in [3.05, 3.63) is 45.9 Å². The standard InChI is InChI=1S/C16H19NO2S/c1-3-4-5-6-15-17-14(11-20-15)16(18)12-7-9-13(19-2)10-8-12/h7-11H,3-6H2,1-2H3. The lowest BCUT2D eigenvalue weighted by molar-refractivity contribution is 0.103. The molecule has 0 N–H and O–H groups in total. The molecule has 0 fully saturated rings. The van der Waals surface area contributed by atoms with Crippen LogP contribution in [-0.2, 0) is 6.42 Å². The van der Waals surface area contributed by atoms with Crippen molar-refractivity contribution < 1.29 is 9.53 Å². The molecule has 106 valence electrons. The van der Waals surface area contributed by atoms with E-state index in [2.05, 4.69) is 11.9 Å². The summed E-state index contributed by atoms with van der Waals surface area (Å²) in [5, 5.41) is 2.91. The second-order valence-corrected chi connectivity index (χ2v) is 5.58. The molecule has 0 aliphatic carbocycles. The number of nitrogens with zero attached hydrogens (tertiary/aromatic N) is 1. The van der Waals surface area contributed by atoms with Gasteiger partial charge >= 0.3 is 0 Å². The molecule has 0 saturated carbocycles. The third-order valence-electron chi connectivity index (χ3n) is 3.13. The second kappa shape index (κ2) is 7.20. The molecule has 2 aromatic rings. The normalized spacial score (nSPS) is 10.5. The number of aryl methyl sites for hydroxylation is 1. The van der Waals surface area contributed by atoms with Crippen molar-refractivity contribution in [2.24, 2.45) is 0 Å². The second-order valence-electron chi connectivity index (χ2n) is 4.64. The number of aromatic nitrogens is 1. The Labute approximate surface area is 123 Å². The van der Waals surface area contributed by atoms with Crippen molar-refractivity contribution in [2.75, 3.05) is 7.11 Å². The van der Waals surface area contributed by atoms with Gasteiger partial charge in [-0.25, -0.2) is 4.98 Å². The Morgan fingerprint density at radius 3 is 2.65 bits per heavy atom. The molecule has 3 nitrogen and oxygen atoms in total. The average molecular weight is 289 g/mol. The molecule has 0 radical (unpaired) electrons. The highest BCUT2D eigenvalue weighted by Crippen LogP contribution is 2.18. The van der Waals surface area contributed by atoms with Crippen molar-refractivity contribution in [1.82, 2.24) is 4.98 Å². The SMILES string of the molecule is CCCCCc1nc(C(=O)c2ccc(OC)cc2)cs1. The monoisotopic (exact) mass is 289 g/mol. The number of benzene rings is 1. The van der Waals surface area contributed by atoms with Crippen LogP contribution in [0.3, 0.4) is 0 Å². The zero-order chi connectivity index (χ0) is 14.4. The van der Waals surface area contributed by atoms with E-state index in [0.29, 0.717) is 11.3 Å². The molecule has 0 aliphatic rings. The first-order valence-electron chi connectivity index (χ1n) is 6.87. The van der Waals surface area contributed by atoms with Gasteiger partial charge in [-0.2, -0.15) is 0 Å². The summed E-state index contributed by atoms with van der Waals surface area (Å²) in [5.74, 6) is 0.728. The number of methoxy groups -OCH3 is 1. The van der Waals surface area contributed by atoms with Gasteiger partial charge < -0.3 is 4.74 Å². The zero-order valence-electron chi connectivity index (χ0n) is 11.9. The molecule has 0 atom stereocenters. The fourth-order valence-electron chi connectivity index (χ4n) is 1.95. The summed E-state index contributed by atoms with van der Waals surface area (Å²) in [6.45, 7) is 2.18. The Hall–Kier alpha value is -1.68. The van der Waals surface area contributed by atoms with Gasteiger partial charge in [0.25, 0.3) is 0 Å². The fraction of sp³-hybridized carbons (Fsp3) is 0.375. The largest absolute Gasteiger partial charge is 0.497 e. The third kappa shape index (κ3) is 3.67. The predicted molar refractivity (Wildman–Crippen MR) is 81.8 cm³/mol. The van der Waals surface area contributed by atoms with E-state index in [1.54, 1.807) is 42.7 Å². The Balaban J connectivity index is 2.04. The molecule has 0 amide bonds. The van der Waals surface area contributed by atoms with Crippen LogP contribution in [0.2, 0.25) is 0 Å². The average Bonchev–Trinajstić information content (AvgIpc) is 2.96. The summed E-state index contributed by atoms with van der Waals surface area (Å²) in [7, 11) is 1.61. The molecule has 0 spiro atoms. The Morgan fingerprint density at radius 2 is 2.00 bits per heavy atom. The van der Waals surface area contributed by atoms with E-state index < -0.39 is 0 Å². The van der Waals surface area contributed by atoms with Gasteiger partial charge in [0.05, 0.1) is 12.1 Å². The summed E-state index contributed by atoms with van der Waals surface area (Å²) in [4.78, 5) is 16.7. The number of rotatable bonds is 7. The van der Waals surface area contributed by atoms with Gasteiger partial charge in [0.2, 0.25) is 5.78 Å². The van der Waals surface area contributed by atoms with E-state index in [9.17, 15) is 4.79 Å². The van der Waals surface area contributed by atoms with Crippen LogP contribution < -0.4 is 4.74 Å². The highest BCUT2D eigenvalue weighted by atomic mass is 32.1. The predicted octanol–water partition coefficient (Wildman–Crippen LogP) is 4.12. The Kier molecular flexibility index (Phi) is 5.30. The van der Waals surface area contributed by atoms with Crippen molar-refractivity contribution in [2.45, 2.75) is 32.6 Å². The van der Waals surface area contributed by atoms with E-state index in [0.717, 1.165) is 23.6 Å². The van der Waals surface area contributed by atoms with Gasteiger partial charge in [0, 0.05) is 10.9 Å². The van der Waals surface area contributed by atoms with Crippen LogP contribution in [-0.4, -0.2) is 17.9 Å². The molecule has 0 unspecified atom stereocenters. The molecule has 1 aromatic carbocycles. The fourth-order valence-corrected chi connectivity index (χ4v) is 2.77. The minimum absolute atomic E-state index is 0.0226. The number of hydrogen-bond acceptors (Lipinski definition) is 4. The number of carbonyl (C=O) groups excluding carboxylic acids is 1. The van der Waals surface area contributed by atoms with E-state index in [4.69, 9.17) is 4.74 Å². The number of hydrogen-bond donors (Lipinski definition) is 0. The van der Waals surface area contributed by atoms with E-state index >= 15 is 0 Å². The van der Waals surface area contributed by atoms with E-state index in [1.165, 1.54) is 12.8 Å². The highest BCUT2D eigenvalue weighted by Gasteiger charge is 2.13. The lowest BCUT2D eigenvalue weighted by Gasteiger charge is -2.01. The van der Waals surface area contributed by atoms with Crippen molar-refractivity contribution in [3.8, 4) is 5.75 Å². The van der Waals surface area contributed by atoms with Crippen LogP contribution >= 0.6 is 11.3 Å². The van der Waals surface area contributed by atoms with Gasteiger partial charge in [0.1, 0.15) is 11.4 Å². The molecule has 1 heterocycles. The van der Waals surface area contributed by atoms with Gasteiger partial charge in [0.15, 0.2) is 0 Å². The lowest BCUT2D eigenvalue weighted by Crippen LogP contribution is -2.02. The highest BCUT2D eigenvalue weighted by molar-refractivity contribution is 7.09. The number of unbranched alkanes of at least 4 members (excludes halogenated alkanes) is 2. The quantitative estimate of drug-likeness (QED) is 0.568. The van der Waals surface area contributed by atoms with Gasteiger partial charge in [-0.05, 0) is 37.1 Å². The Bertz CT molecular complexity index is 560. The lowest BCUT2D eigenvalue weighted by atomic mass is 10.1. The number of carbonyl (C=O) groups is 1. The first kappa shape index (κ1) is 14.7. The molecule has 2 rings (SSSR count). The summed E-state index contributed by atoms with van der Waals surface area (Å²) in [6, 6.07) is 7.14. The first-order valence-corrected chi connectivity index (χ1v) is 7.75. The summed E-state index contributed by atoms with van der Waals surface area (Å²) >= 11 is 1.57. The maximum absolute atomic E-state index is 12.3. The van der Waals surface area contributed by atoms with Gasteiger partial charge in [-0.3, -0.25) is 4.79 Å². The van der Waals surface area contributed by atoms with Crippen LogP contribution in [0.4, 0.5) is 0 Å². The van der Waals surface area contributed by atoms with Crippen LogP contribution in [0.15, 0.2) is 29.6 Å². The van der Waals surface area contributed by atoms with Crippen molar-refractivity contribution in [3.63, 3.8) is 0 Å². The van der Waals surface area contributed by atoms with Crippen LogP contribution in [0.25, 0.3) is 0 Å². The van der Waals surface area contributed by atoms with Crippen LogP contribution in [0, 0.1) is 0 Å². The first-order chi connectivity index (χ1) is 9.74. The minimum Gasteiger partial charge on any atom is -0.497 e. The minimum atomic E-state index is -0.0226. The molecule has 1 aromatic heterocycles. The molecule has 20 heavy (non-hydrogen) atoms. The van der Waals surface area contributed by atoms with Gasteiger partial charge in [-0.1, -0.05) is 19.8 Å². The molecule has 0 bridgehead atoms. The molecule has 0 aliphatic heterocycles.